The molecule has 0 aromatic heterocycles. The molecule has 0 spiro atoms. The molecule has 0 unspecified atom stereocenters. The van der Waals surface area contributed by atoms with Crippen molar-refractivity contribution in [2.24, 2.45) is 0 Å². The van der Waals surface area contributed by atoms with E-state index in [9.17, 15) is 13.2 Å². The van der Waals surface area contributed by atoms with Gasteiger partial charge in [-0.15, -0.1) is 11.8 Å². The van der Waals surface area contributed by atoms with Gasteiger partial charge in [-0.3, -0.25) is 4.79 Å². The summed E-state index contributed by atoms with van der Waals surface area (Å²) in [5.41, 5.74) is 1.01. The first-order valence-electron chi connectivity index (χ1n) is 7.98. The highest BCUT2D eigenvalue weighted by Crippen LogP contribution is 2.25. The maximum atomic E-state index is 12.6. The molecule has 0 aliphatic carbocycles. The number of rotatable bonds is 7. The van der Waals surface area contributed by atoms with Gasteiger partial charge in [0.05, 0.1) is 10.6 Å². The van der Waals surface area contributed by atoms with E-state index < -0.39 is 10.0 Å². The van der Waals surface area contributed by atoms with Crippen LogP contribution in [0.1, 0.15) is 24.2 Å². The van der Waals surface area contributed by atoms with Gasteiger partial charge >= 0.3 is 0 Å². The Kier molecular flexibility index (Phi) is 6.64. The van der Waals surface area contributed by atoms with Crippen molar-refractivity contribution >= 4 is 33.4 Å². The minimum atomic E-state index is -3.59. The van der Waals surface area contributed by atoms with E-state index in [-0.39, 0.29) is 10.8 Å². The third kappa shape index (κ3) is 4.42. The molecular formula is C18H22N2O3S2. The Balaban J connectivity index is 2.31. The van der Waals surface area contributed by atoms with Crippen LogP contribution in [0.15, 0.2) is 58.3 Å². The first kappa shape index (κ1) is 19.5. The number of nitrogens with zero attached hydrogens (tertiary/aromatic N) is 1. The zero-order valence-corrected chi connectivity index (χ0v) is 16.2. The second kappa shape index (κ2) is 8.51. The van der Waals surface area contributed by atoms with Crippen molar-refractivity contribution in [3.8, 4) is 0 Å². The van der Waals surface area contributed by atoms with Crippen LogP contribution in [-0.4, -0.2) is 38.0 Å². The molecule has 0 aliphatic rings. The Morgan fingerprint density at radius 1 is 1.08 bits per heavy atom. The van der Waals surface area contributed by atoms with E-state index in [0.29, 0.717) is 24.3 Å². The van der Waals surface area contributed by atoms with E-state index in [1.165, 1.54) is 28.2 Å². The number of benzene rings is 2. The van der Waals surface area contributed by atoms with E-state index in [1.54, 1.807) is 26.0 Å². The standard InChI is InChI=1S/C18H22N2O3S2/c1-4-20(5-2)25(22,23)15-10-8-9-14(13-15)18(21)19-16-11-6-7-12-17(16)24-3/h6-13H,4-5H2,1-3H3,(H,19,21). The number of sulfonamides is 1. The molecule has 0 saturated heterocycles. The Bertz CT molecular complexity index is 847. The number of para-hydroxylation sites is 1. The second-order valence-electron chi connectivity index (χ2n) is 5.27. The molecule has 0 aliphatic heterocycles. The maximum absolute atomic E-state index is 12.6. The van der Waals surface area contributed by atoms with E-state index >= 15 is 0 Å². The predicted octanol–water partition coefficient (Wildman–Crippen LogP) is 3.69. The van der Waals surface area contributed by atoms with Gasteiger partial charge in [0.15, 0.2) is 0 Å². The summed E-state index contributed by atoms with van der Waals surface area (Å²) in [6.45, 7) is 4.35. The topological polar surface area (TPSA) is 66.5 Å². The molecule has 0 radical (unpaired) electrons. The van der Waals surface area contributed by atoms with Crippen LogP contribution in [0.3, 0.4) is 0 Å². The highest BCUT2D eigenvalue weighted by atomic mass is 32.2. The molecule has 25 heavy (non-hydrogen) atoms. The summed E-state index contributed by atoms with van der Waals surface area (Å²) in [6.07, 6.45) is 1.93. The van der Waals surface area contributed by atoms with Crippen LogP contribution >= 0.6 is 11.8 Å². The number of thioether (sulfide) groups is 1. The molecule has 0 heterocycles. The van der Waals surface area contributed by atoms with Crippen LogP contribution < -0.4 is 5.32 Å². The molecule has 0 saturated carbocycles. The molecule has 134 valence electrons. The number of hydrogen-bond acceptors (Lipinski definition) is 4. The van der Waals surface area contributed by atoms with E-state index in [1.807, 2.05) is 30.5 Å². The van der Waals surface area contributed by atoms with Crippen molar-refractivity contribution < 1.29 is 13.2 Å². The maximum Gasteiger partial charge on any atom is 0.255 e. The normalized spacial score (nSPS) is 11.5. The van der Waals surface area contributed by atoms with Crippen LogP contribution in [-0.2, 0) is 10.0 Å². The molecule has 0 bridgehead atoms. The Labute approximate surface area is 153 Å². The number of carbonyl (C=O) groups is 1. The van der Waals surface area contributed by atoms with Crippen molar-refractivity contribution in [2.45, 2.75) is 23.6 Å². The summed E-state index contributed by atoms with van der Waals surface area (Å²) >= 11 is 1.53. The third-order valence-corrected chi connectivity index (χ3v) is 6.64. The lowest BCUT2D eigenvalue weighted by Crippen LogP contribution is -2.30. The lowest BCUT2D eigenvalue weighted by Gasteiger charge is -2.18. The molecule has 2 rings (SSSR count). The van der Waals surface area contributed by atoms with Gasteiger partial charge in [0.1, 0.15) is 0 Å². The number of nitrogens with one attached hydrogen (secondary N) is 1. The van der Waals surface area contributed by atoms with E-state index in [0.717, 1.165) is 4.90 Å². The van der Waals surface area contributed by atoms with Crippen LogP contribution in [0, 0.1) is 0 Å². The summed E-state index contributed by atoms with van der Waals surface area (Å²) in [7, 11) is -3.59. The van der Waals surface area contributed by atoms with Gasteiger partial charge in [0, 0.05) is 23.5 Å². The van der Waals surface area contributed by atoms with Crippen LogP contribution in [0.4, 0.5) is 5.69 Å². The van der Waals surface area contributed by atoms with Gasteiger partial charge < -0.3 is 5.32 Å². The molecule has 0 atom stereocenters. The molecule has 7 heteroatoms. The largest absolute Gasteiger partial charge is 0.321 e. The number of amides is 1. The molecule has 1 amide bonds. The van der Waals surface area contributed by atoms with Crippen molar-refractivity contribution in [3.63, 3.8) is 0 Å². The molecule has 2 aromatic rings. The quantitative estimate of drug-likeness (QED) is 0.746. The van der Waals surface area contributed by atoms with Crippen molar-refractivity contribution in [2.75, 3.05) is 24.7 Å². The fraction of sp³-hybridized carbons (Fsp3) is 0.278. The third-order valence-electron chi connectivity index (χ3n) is 3.79. The van der Waals surface area contributed by atoms with Gasteiger partial charge in [-0.05, 0) is 36.6 Å². The predicted molar refractivity (Wildman–Crippen MR) is 103 cm³/mol. The number of anilines is 1. The summed E-state index contributed by atoms with van der Waals surface area (Å²) in [5.74, 6) is -0.335. The fourth-order valence-electron chi connectivity index (χ4n) is 2.45. The van der Waals surface area contributed by atoms with Gasteiger partial charge in [-0.25, -0.2) is 8.42 Å². The zero-order chi connectivity index (χ0) is 18.4. The number of hydrogen-bond donors (Lipinski definition) is 1. The van der Waals surface area contributed by atoms with E-state index in [4.69, 9.17) is 0 Å². The Hall–Kier alpha value is -1.83. The van der Waals surface area contributed by atoms with Crippen molar-refractivity contribution in [3.05, 3.63) is 54.1 Å². The lowest BCUT2D eigenvalue weighted by atomic mass is 10.2. The van der Waals surface area contributed by atoms with Crippen molar-refractivity contribution in [1.29, 1.82) is 0 Å². The fourth-order valence-corrected chi connectivity index (χ4v) is 4.51. The molecular weight excluding hydrogens is 356 g/mol. The van der Waals surface area contributed by atoms with Crippen LogP contribution in [0.25, 0.3) is 0 Å². The van der Waals surface area contributed by atoms with E-state index in [2.05, 4.69) is 5.32 Å². The SMILES string of the molecule is CCN(CC)S(=O)(=O)c1cccc(C(=O)Nc2ccccc2SC)c1. The minimum absolute atomic E-state index is 0.127. The summed E-state index contributed by atoms with van der Waals surface area (Å²) in [6, 6.07) is 13.6. The first-order chi connectivity index (χ1) is 11.9. The second-order valence-corrected chi connectivity index (χ2v) is 8.06. The highest BCUT2D eigenvalue weighted by molar-refractivity contribution is 7.98. The summed E-state index contributed by atoms with van der Waals surface area (Å²) < 4.78 is 26.6. The summed E-state index contributed by atoms with van der Waals surface area (Å²) in [5, 5.41) is 2.85. The molecule has 0 fully saturated rings. The molecule has 5 nitrogen and oxygen atoms in total. The average Bonchev–Trinajstić information content (AvgIpc) is 2.63. The van der Waals surface area contributed by atoms with Crippen LogP contribution in [0.5, 0.6) is 0 Å². The van der Waals surface area contributed by atoms with Crippen molar-refractivity contribution in [1.82, 2.24) is 4.31 Å². The average molecular weight is 379 g/mol. The first-order valence-corrected chi connectivity index (χ1v) is 10.6. The summed E-state index contributed by atoms with van der Waals surface area (Å²) in [4.78, 5) is 13.6. The Morgan fingerprint density at radius 2 is 1.76 bits per heavy atom. The Morgan fingerprint density at radius 3 is 2.40 bits per heavy atom. The van der Waals surface area contributed by atoms with Gasteiger partial charge in [-0.2, -0.15) is 4.31 Å². The molecule has 2 aromatic carbocycles. The van der Waals surface area contributed by atoms with Gasteiger partial charge in [0.25, 0.3) is 5.91 Å². The highest BCUT2D eigenvalue weighted by Gasteiger charge is 2.22. The number of carbonyl (C=O) groups excluding carboxylic acids is 1. The van der Waals surface area contributed by atoms with Gasteiger partial charge in [-0.1, -0.05) is 32.0 Å². The monoisotopic (exact) mass is 378 g/mol. The molecule has 1 N–H and O–H groups in total. The lowest BCUT2D eigenvalue weighted by molar-refractivity contribution is 0.102. The van der Waals surface area contributed by atoms with Gasteiger partial charge in [0.2, 0.25) is 10.0 Å². The van der Waals surface area contributed by atoms with Crippen LogP contribution in [0.2, 0.25) is 0 Å². The smallest absolute Gasteiger partial charge is 0.255 e. The zero-order valence-electron chi connectivity index (χ0n) is 14.5. The minimum Gasteiger partial charge on any atom is -0.321 e.